The number of nitrogens with one attached hydrogen (secondary N) is 3. The van der Waals surface area contributed by atoms with Gasteiger partial charge in [0.05, 0.1) is 5.92 Å². The van der Waals surface area contributed by atoms with E-state index in [9.17, 15) is 14.0 Å². The molecule has 1 aliphatic heterocycles. The molecule has 0 saturated carbocycles. The maximum atomic E-state index is 13.0. The number of benzene rings is 2. The molecule has 0 spiro atoms. The van der Waals surface area contributed by atoms with E-state index in [1.54, 1.807) is 6.07 Å². The van der Waals surface area contributed by atoms with Crippen molar-refractivity contribution in [3.8, 4) is 0 Å². The van der Waals surface area contributed by atoms with Crippen LogP contribution in [0.1, 0.15) is 17.9 Å². The molecule has 5 nitrogen and oxygen atoms in total. The first-order valence-corrected chi connectivity index (χ1v) is 7.34. The van der Waals surface area contributed by atoms with Crippen LogP contribution in [0.3, 0.4) is 0 Å². The second-order valence-corrected chi connectivity index (χ2v) is 5.31. The average Bonchev–Trinajstić information content (AvgIpc) is 2.83. The van der Waals surface area contributed by atoms with Crippen LogP contribution in [0.2, 0.25) is 0 Å². The molecule has 6 heteroatoms. The van der Waals surface area contributed by atoms with Crippen molar-refractivity contribution in [2.75, 3.05) is 17.2 Å². The topological polar surface area (TPSA) is 70.2 Å². The summed E-state index contributed by atoms with van der Waals surface area (Å²) in [5.41, 5.74) is 2.16. The van der Waals surface area contributed by atoms with E-state index in [4.69, 9.17) is 0 Å². The highest BCUT2D eigenvalue weighted by molar-refractivity contribution is 6.02. The molecular weight excluding hydrogens is 297 g/mol. The minimum Gasteiger partial charge on any atom is -0.338 e. The summed E-state index contributed by atoms with van der Waals surface area (Å²) in [6, 6.07) is 12.8. The lowest BCUT2D eigenvalue weighted by Gasteiger charge is -2.11. The van der Waals surface area contributed by atoms with E-state index in [0.29, 0.717) is 18.7 Å². The second-order valence-electron chi connectivity index (χ2n) is 5.31. The largest absolute Gasteiger partial charge is 0.338 e. The predicted octanol–water partition coefficient (Wildman–Crippen LogP) is 3.07. The fourth-order valence-corrected chi connectivity index (χ4v) is 2.63. The van der Waals surface area contributed by atoms with Crippen LogP contribution in [0.15, 0.2) is 48.5 Å². The van der Waals surface area contributed by atoms with Gasteiger partial charge in [-0.1, -0.05) is 24.3 Å². The molecular formula is C17H16FN3O2. The van der Waals surface area contributed by atoms with Crippen molar-refractivity contribution in [1.29, 1.82) is 0 Å². The first-order valence-electron chi connectivity index (χ1n) is 7.34. The zero-order valence-corrected chi connectivity index (χ0v) is 12.3. The summed E-state index contributed by atoms with van der Waals surface area (Å²) in [5, 5.41) is 8.05. The van der Waals surface area contributed by atoms with Gasteiger partial charge in [-0.3, -0.25) is 4.79 Å². The normalized spacial score (nSPS) is 15.7. The molecule has 0 aliphatic carbocycles. The summed E-state index contributed by atoms with van der Waals surface area (Å²) in [6.07, 6.45) is 0.499. The van der Waals surface area contributed by atoms with E-state index >= 15 is 0 Å². The molecule has 1 heterocycles. The van der Waals surface area contributed by atoms with Gasteiger partial charge in [0.1, 0.15) is 5.82 Å². The number of fused-ring (bicyclic) bond motifs is 1. The van der Waals surface area contributed by atoms with Crippen LogP contribution in [0, 0.1) is 5.82 Å². The number of amides is 3. The number of carbonyl (C=O) groups is 2. The van der Waals surface area contributed by atoms with Gasteiger partial charge < -0.3 is 16.0 Å². The van der Waals surface area contributed by atoms with Crippen molar-refractivity contribution in [2.45, 2.75) is 12.3 Å². The predicted molar refractivity (Wildman–Crippen MR) is 85.9 cm³/mol. The van der Waals surface area contributed by atoms with E-state index in [0.717, 1.165) is 11.3 Å². The standard InChI is InChI=1S/C17H16FN3O2/c18-11-4-3-5-12(10-11)20-17(23)19-9-8-14-13-6-1-2-7-15(13)21-16(14)22/h1-7,10,14H,8-9H2,(H,21,22)(H2,19,20,23). The molecule has 3 amide bonds. The lowest BCUT2D eigenvalue weighted by molar-refractivity contribution is -0.117. The van der Waals surface area contributed by atoms with Crippen LogP contribution >= 0.6 is 0 Å². The number of hydrogen-bond acceptors (Lipinski definition) is 2. The zero-order valence-electron chi connectivity index (χ0n) is 12.3. The quantitative estimate of drug-likeness (QED) is 0.812. The summed E-state index contributed by atoms with van der Waals surface area (Å²) >= 11 is 0. The van der Waals surface area contributed by atoms with E-state index < -0.39 is 11.8 Å². The third kappa shape index (κ3) is 3.48. The van der Waals surface area contributed by atoms with Gasteiger partial charge in [-0.2, -0.15) is 0 Å². The van der Waals surface area contributed by atoms with Crippen molar-refractivity contribution in [3.05, 3.63) is 59.9 Å². The molecule has 1 unspecified atom stereocenters. The minimum atomic E-state index is -0.428. The summed E-state index contributed by atoms with van der Waals surface area (Å²) in [6.45, 7) is 0.341. The van der Waals surface area contributed by atoms with Crippen LogP contribution in [0.5, 0.6) is 0 Å². The first kappa shape index (κ1) is 15.0. The van der Waals surface area contributed by atoms with Crippen molar-refractivity contribution >= 4 is 23.3 Å². The molecule has 23 heavy (non-hydrogen) atoms. The highest BCUT2D eigenvalue weighted by atomic mass is 19.1. The molecule has 2 aromatic carbocycles. The van der Waals surface area contributed by atoms with Crippen molar-refractivity contribution in [1.82, 2.24) is 5.32 Å². The Hall–Kier alpha value is -2.89. The summed E-state index contributed by atoms with van der Waals surface area (Å²) in [7, 11) is 0. The molecule has 0 aromatic heterocycles. The monoisotopic (exact) mass is 313 g/mol. The van der Waals surface area contributed by atoms with Gasteiger partial charge in [0.15, 0.2) is 0 Å². The second kappa shape index (κ2) is 6.48. The minimum absolute atomic E-state index is 0.0569. The SMILES string of the molecule is O=C(NCCC1C(=O)Nc2ccccc21)Nc1cccc(F)c1. The zero-order chi connectivity index (χ0) is 16.2. The van der Waals surface area contributed by atoms with Crippen LogP contribution in [0.4, 0.5) is 20.6 Å². The third-order valence-corrected chi connectivity index (χ3v) is 3.71. The molecule has 1 aliphatic rings. The Morgan fingerprint density at radius 3 is 2.83 bits per heavy atom. The van der Waals surface area contributed by atoms with Crippen molar-refractivity contribution in [3.63, 3.8) is 0 Å². The molecule has 0 saturated heterocycles. The summed E-state index contributed by atoms with van der Waals surface area (Å²) in [5.74, 6) is -0.735. The Morgan fingerprint density at radius 1 is 1.17 bits per heavy atom. The van der Waals surface area contributed by atoms with Gasteiger partial charge in [-0.25, -0.2) is 9.18 Å². The number of carbonyl (C=O) groups excluding carboxylic acids is 2. The molecule has 3 rings (SSSR count). The Balaban J connectivity index is 1.52. The van der Waals surface area contributed by atoms with Crippen LogP contribution in [0.25, 0.3) is 0 Å². The Bertz CT molecular complexity index is 748. The average molecular weight is 313 g/mol. The van der Waals surface area contributed by atoms with E-state index in [1.807, 2.05) is 24.3 Å². The molecule has 0 bridgehead atoms. The number of hydrogen-bond donors (Lipinski definition) is 3. The maximum absolute atomic E-state index is 13.0. The summed E-state index contributed by atoms with van der Waals surface area (Å²) < 4.78 is 13.0. The first-order chi connectivity index (χ1) is 11.1. The van der Waals surface area contributed by atoms with Gasteiger partial charge in [0, 0.05) is 17.9 Å². The number of halogens is 1. The van der Waals surface area contributed by atoms with Crippen molar-refractivity contribution in [2.24, 2.45) is 0 Å². The van der Waals surface area contributed by atoms with Gasteiger partial charge in [0.2, 0.25) is 5.91 Å². The molecule has 0 radical (unpaired) electrons. The molecule has 118 valence electrons. The highest BCUT2D eigenvalue weighted by Gasteiger charge is 2.29. The van der Waals surface area contributed by atoms with Gasteiger partial charge in [-0.05, 0) is 36.2 Å². The molecule has 0 fully saturated rings. The number of urea groups is 1. The Kier molecular flexibility index (Phi) is 4.23. The molecule has 1 atom stereocenters. The van der Waals surface area contributed by atoms with Gasteiger partial charge >= 0.3 is 6.03 Å². The fourth-order valence-electron chi connectivity index (χ4n) is 2.63. The maximum Gasteiger partial charge on any atom is 0.319 e. The fraction of sp³-hybridized carbons (Fsp3) is 0.176. The number of rotatable bonds is 4. The van der Waals surface area contributed by atoms with E-state index in [1.165, 1.54) is 18.2 Å². The molecule has 2 aromatic rings. The van der Waals surface area contributed by atoms with Gasteiger partial charge in [0.25, 0.3) is 0 Å². The van der Waals surface area contributed by atoms with Gasteiger partial charge in [-0.15, -0.1) is 0 Å². The number of para-hydroxylation sites is 1. The van der Waals surface area contributed by atoms with Crippen molar-refractivity contribution < 1.29 is 14.0 Å². The lowest BCUT2D eigenvalue weighted by Crippen LogP contribution is -2.31. The van der Waals surface area contributed by atoms with Crippen LogP contribution in [-0.4, -0.2) is 18.5 Å². The number of anilines is 2. The molecule has 3 N–H and O–H groups in total. The Labute approximate surface area is 132 Å². The smallest absolute Gasteiger partial charge is 0.319 e. The van der Waals surface area contributed by atoms with Crippen LogP contribution in [-0.2, 0) is 4.79 Å². The summed E-state index contributed by atoms with van der Waals surface area (Å²) in [4.78, 5) is 23.7. The lowest BCUT2D eigenvalue weighted by atomic mass is 9.97. The Morgan fingerprint density at radius 2 is 2.00 bits per heavy atom. The third-order valence-electron chi connectivity index (χ3n) is 3.71. The highest BCUT2D eigenvalue weighted by Crippen LogP contribution is 2.33. The van der Waals surface area contributed by atoms with E-state index in [-0.39, 0.29) is 11.8 Å². The van der Waals surface area contributed by atoms with Crippen LogP contribution < -0.4 is 16.0 Å². The van der Waals surface area contributed by atoms with E-state index in [2.05, 4.69) is 16.0 Å².